The van der Waals surface area contributed by atoms with E-state index in [1.165, 1.54) is 18.2 Å². The fraction of sp³-hybridized carbons (Fsp3) is 0.0690. The molecule has 0 bridgehead atoms. The maximum Gasteiger partial charge on any atom is 0.335 e. The number of hydrogen-bond donors (Lipinski definition) is 4. The Labute approximate surface area is 228 Å². The lowest BCUT2D eigenvalue weighted by molar-refractivity contribution is -0.0425. The van der Waals surface area contributed by atoms with E-state index in [9.17, 15) is 29.7 Å². The van der Waals surface area contributed by atoms with Crippen molar-refractivity contribution in [3.8, 4) is 0 Å². The van der Waals surface area contributed by atoms with Crippen molar-refractivity contribution in [1.82, 2.24) is 9.55 Å². The summed E-state index contributed by atoms with van der Waals surface area (Å²) in [5.74, 6) is -1.23. The van der Waals surface area contributed by atoms with E-state index >= 15 is 0 Å². The van der Waals surface area contributed by atoms with Gasteiger partial charge < -0.3 is 24.9 Å². The molecule has 10 heteroatoms. The van der Waals surface area contributed by atoms with Crippen LogP contribution in [0.3, 0.4) is 0 Å². The number of aromatic amines is 1. The highest BCUT2D eigenvalue weighted by molar-refractivity contribution is 6.31. The van der Waals surface area contributed by atoms with Crippen LogP contribution in [0, 0.1) is 0 Å². The van der Waals surface area contributed by atoms with E-state index in [0.717, 1.165) is 0 Å². The van der Waals surface area contributed by atoms with Crippen molar-refractivity contribution in [2.75, 3.05) is 0 Å². The normalized spacial score (nSPS) is 11.8. The molecule has 2 aromatic heterocycles. The SMILES string of the molecule is O=C(O)c1cc(Cn2c3ccc(Cl)cc3c(=O)c3cc4[nH]c5ccc(Cl)cc5c(=O)c4cc32)cc(C(O)O)c1. The molecule has 0 aliphatic carbocycles. The van der Waals surface area contributed by atoms with Crippen molar-refractivity contribution in [1.29, 1.82) is 0 Å². The number of aliphatic hydroxyl groups excluding tert-OH is 1. The van der Waals surface area contributed by atoms with Crippen LogP contribution in [-0.2, 0) is 6.54 Å². The third kappa shape index (κ3) is 4.24. The Hall–Kier alpha value is -4.21. The van der Waals surface area contributed by atoms with Gasteiger partial charge in [0.05, 0.1) is 22.1 Å². The molecule has 4 aromatic carbocycles. The van der Waals surface area contributed by atoms with Crippen molar-refractivity contribution >= 4 is 72.8 Å². The van der Waals surface area contributed by atoms with Crippen LogP contribution >= 0.6 is 23.2 Å². The molecular formula is C29H18Cl2N2O6. The third-order valence-corrected chi connectivity index (χ3v) is 7.28. The molecular weight excluding hydrogens is 543 g/mol. The number of rotatable bonds is 4. The van der Waals surface area contributed by atoms with Gasteiger partial charge in [-0.15, -0.1) is 0 Å². The predicted octanol–water partition coefficient (Wildman–Crippen LogP) is 5.19. The van der Waals surface area contributed by atoms with Gasteiger partial charge in [0.1, 0.15) is 0 Å². The van der Waals surface area contributed by atoms with Crippen LogP contribution in [0.5, 0.6) is 0 Å². The summed E-state index contributed by atoms with van der Waals surface area (Å²) in [5.41, 5.74) is 1.74. The van der Waals surface area contributed by atoms with E-state index in [4.69, 9.17) is 23.2 Å². The van der Waals surface area contributed by atoms with Crippen molar-refractivity contribution in [2.45, 2.75) is 12.8 Å². The van der Waals surface area contributed by atoms with Crippen LogP contribution in [0.2, 0.25) is 10.0 Å². The molecule has 194 valence electrons. The zero-order valence-electron chi connectivity index (χ0n) is 19.9. The first-order valence-corrected chi connectivity index (χ1v) is 12.5. The summed E-state index contributed by atoms with van der Waals surface area (Å²) in [6, 6.07) is 17.1. The molecule has 2 heterocycles. The molecule has 0 spiro atoms. The molecule has 6 aromatic rings. The minimum absolute atomic E-state index is 0.00726. The summed E-state index contributed by atoms with van der Waals surface area (Å²) < 4.78 is 1.78. The second-order valence-electron chi connectivity index (χ2n) is 9.28. The van der Waals surface area contributed by atoms with E-state index in [1.54, 1.807) is 53.1 Å². The van der Waals surface area contributed by atoms with Gasteiger partial charge in [-0.2, -0.15) is 0 Å². The zero-order valence-corrected chi connectivity index (χ0v) is 21.4. The highest BCUT2D eigenvalue weighted by Crippen LogP contribution is 2.28. The van der Waals surface area contributed by atoms with E-state index in [0.29, 0.717) is 59.2 Å². The first kappa shape index (κ1) is 25.1. The second kappa shape index (κ2) is 9.21. The molecule has 39 heavy (non-hydrogen) atoms. The van der Waals surface area contributed by atoms with E-state index in [-0.39, 0.29) is 28.5 Å². The molecule has 0 amide bonds. The summed E-state index contributed by atoms with van der Waals surface area (Å²) in [6.45, 7) is 0.0541. The summed E-state index contributed by atoms with van der Waals surface area (Å²) in [6.07, 6.45) is -1.88. The zero-order chi connectivity index (χ0) is 27.6. The smallest absolute Gasteiger partial charge is 0.335 e. The summed E-state index contributed by atoms with van der Waals surface area (Å²) in [5, 5.41) is 31.2. The van der Waals surface area contributed by atoms with Gasteiger partial charge in [-0.3, -0.25) is 9.59 Å². The van der Waals surface area contributed by atoms with Crippen LogP contribution in [0.4, 0.5) is 0 Å². The lowest BCUT2D eigenvalue weighted by Gasteiger charge is -2.18. The quantitative estimate of drug-likeness (QED) is 0.173. The number of aliphatic hydroxyl groups is 2. The minimum atomic E-state index is -1.88. The Bertz CT molecular complexity index is 2130. The summed E-state index contributed by atoms with van der Waals surface area (Å²) in [4.78, 5) is 42.1. The molecule has 0 aliphatic heterocycles. The van der Waals surface area contributed by atoms with Gasteiger partial charge in [-0.25, -0.2) is 4.79 Å². The van der Waals surface area contributed by atoms with Gasteiger partial charge in [-0.1, -0.05) is 23.2 Å². The Morgan fingerprint density at radius 1 is 0.769 bits per heavy atom. The van der Waals surface area contributed by atoms with Crippen molar-refractivity contribution < 1.29 is 20.1 Å². The largest absolute Gasteiger partial charge is 0.478 e. The lowest BCUT2D eigenvalue weighted by Crippen LogP contribution is -2.14. The van der Waals surface area contributed by atoms with Crippen LogP contribution < -0.4 is 10.9 Å². The van der Waals surface area contributed by atoms with Crippen LogP contribution in [-0.4, -0.2) is 30.8 Å². The molecule has 0 unspecified atom stereocenters. The number of benzene rings is 4. The monoisotopic (exact) mass is 560 g/mol. The first-order valence-electron chi connectivity index (χ1n) is 11.7. The maximum atomic E-state index is 13.6. The Kier molecular flexibility index (Phi) is 5.93. The molecule has 0 fully saturated rings. The fourth-order valence-electron chi connectivity index (χ4n) is 5.02. The van der Waals surface area contributed by atoms with Crippen molar-refractivity contribution in [2.24, 2.45) is 0 Å². The highest BCUT2D eigenvalue weighted by atomic mass is 35.5. The number of H-pyrrole nitrogens is 1. The van der Waals surface area contributed by atoms with Crippen LogP contribution in [0.15, 0.2) is 76.3 Å². The first-order chi connectivity index (χ1) is 18.6. The fourth-order valence-corrected chi connectivity index (χ4v) is 5.37. The van der Waals surface area contributed by atoms with Crippen LogP contribution in [0.1, 0.15) is 27.8 Å². The maximum absolute atomic E-state index is 13.6. The number of aromatic nitrogens is 2. The number of hydrogen-bond acceptors (Lipinski definition) is 5. The number of carboxylic acid groups (broad SMARTS) is 1. The van der Waals surface area contributed by atoms with Gasteiger partial charge in [0.25, 0.3) is 0 Å². The summed E-state index contributed by atoms with van der Waals surface area (Å²) in [7, 11) is 0. The van der Waals surface area contributed by atoms with Gasteiger partial charge in [0.2, 0.25) is 0 Å². The lowest BCUT2D eigenvalue weighted by atomic mass is 10.0. The van der Waals surface area contributed by atoms with Crippen molar-refractivity contribution in [3.63, 3.8) is 0 Å². The topological polar surface area (TPSA) is 133 Å². The van der Waals surface area contributed by atoms with Gasteiger partial charge in [0.15, 0.2) is 17.1 Å². The molecule has 8 nitrogen and oxygen atoms in total. The van der Waals surface area contributed by atoms with E-state index in [2.05, 4.69) is 4.98 Å². The Balaban J connectivity index is 1.72. The predicted molar refractivity (Wildman–Crippen MR) is 151 cm³/mol. The van der Waals surface area contributed by atoms with Gasteiger partial charge in [0, 0.05) is 49.2 Å². The average Bonchev–Trinajstić information content (AvgIpc) is 2.91. The Morgan fingerprint density at radius 3 is 2.13 bits per heavy atom. The summed E-state index contributed by atoms with van der Waals surface area (Å²) >= 11 is 12.4. The molecule has 6 rings (SSSR count). The van der Waals surface area contributed by atoms with E-state index in [1.807, 2.05) is 0 Å². The average molecular weight is 561 g/mol. The molecule has 0 aliphatic rings. The molecule has 0 saturated carbocycles. The molecule has 0 saturated heterocycles. The van der Waals surface area contributed by atoms with Gasteiger partial charge in [-0.05, 0) is 72.3 Å². The van der Waals surface area contributed by atoms with E-state index < -0.39 is 12.3 Å². The number of carbonyl (C=O) groups is 1. The minimum Gasteiger partial charge on any atom is -0.478 e. The third-order valence-electron chi connectivity index (χ3n) is 6.81. The molecule has 0 radical (unpaired) electrons. The van der Waals surface area contributed by atoms with Crippen LogP contribution in [0.25, 0.3) is 43.6 Å². The number of halogens is 2. The number of nitrogens with one attached hydrogen (secondary N) is 1. The number of fused-ring (bicyclic) bond motifs is 4. The van der Waals surface area contributed by atoms with Gasteiger partial charge >= 0.3 is 5.97 Å². The Morgan fingerprint density at radius 2 is 1.41 bits per heavy atom. The molecule has 0 atom stereocenters. The number of aromatic carboxylic acids is 1. The standard InChI is InChI=1S/C29H18Cl2N2O6/c30-16-1-3-22-18(8-16)26(34)19-11-25-21(10-23(19)32-22)27(35)20-9-17(31)2-4-24(20)33(25)12-13-5-14(28(36)37)7-15(6-13)29(38)39/h1-11,28,36-37H,12H2,(H,32,34)(H,38,39). The number of nitrogens with zero attached hydrogens (tertiary/aromatic N) is 1. The number of carboxylic acids is 1. The van der Waals surface area contributed by atoms with Crippen molar-refractivity contribution in [3.05, 3.63) is 114 Å². The second-order valence-corrected chi connectivity index (χ2v) is 10.2. The molecule has 4 N–H and O–H groups in total. The number of pyridine rings is 2. The highest BCUT2D eigenvalue weighted by Gasteiger charge is 2.17.